The molecule has 2 aliphatic rings. The van der Waals surface area contributed by atoms with Gasteiger partial charge in [-0.2, -0.15) is 0 Å². The minimum atomic E-state index is -3.66. The molecule has 3 unspecified atom stereocenters. The van der Waals surface area contributed by atoms with Gasteiger partial charge >= 0.3 is 0 Å². The Balaban J connectivity index is 1.53. The van der Waals surface area contributed by atoms with Crippen molar-refractivity contribution in [2.75, 3.05) is 16.2 Å². The predicted molar refractivity (Wildman–Crippen MR) is 134 cm³/mol. The lowest BCUT2D eigenvalue weighted by Crippen LogP contribution is -2.32. The smallest absolute Gasteiger partial charge is 0.264 e. The summed E-state index contributed by atoms with van der Waals surface area (Å²) in [5, 5.41) is 3.69. The highest BCUT2D eigenvalue weighted by molar-refractivity contribution is 9.10. The summed E-state index contributed by atoms with van der Waals surface area (Å²) < 4.78 is 29.6. The highest BCUT2D eigenvalue weighted by Crippen LogP contribution is 2.50. The van der Waals surface area contributed by atoms with Crippen molar-refractivity contribution >= 4 is 37.3 Å². The van der Waals surface area contributed by atoms with Gasteiger partial charge in [-0.3, -0.25) is 4.31 Å². The van der Waals surface area contributed by atoms with E-state index in [9.17, 15) is 8.42 Å². The summed E-state index contributed by atoms with van der Waals surface area (Å²) in [6, 6.07) is 23.4. The standard InChI is InChI=1S/C26H25BrN2O2S/c1-2-29(20-7-4-3-5-8-20)32(30,31)21-15-16-25-24(17-21)22-9-6-10-23(22)26(28-25)18-11-13-19(27)14-12-18/h3-9,11-17,22-23,26,28H,2,10H2,1H3. The van der Waals surface area contributed by atoms with Crippen LogP contribution in [-0.4, -0.2) is 15.0 Å². The van der Waals surface area contributed by atoms with Gasteiger partial charge in [0.05, 0.1) is 16.6 Å². The Labute approximate surface area is 198 Å². The first kappa shape index (κ1) is 21.3. The van der Waals surface area contributed by atoms with E-state index in [-0.39, 0.29) is 12.0 Å². The lowest BCUT2D eigenvalue weighted by Gasteiger charge is -2.38. The molecule has 0 radical (unpaired) electrons. The number of hydrogen-bond donors (Lipinski definition) is 1. The molecule has 3 aromatic carbocycles. The third-order valence-corrected chi connectivity index (χ3v) is 8.91. The van der Waals surface area contributed by atoms with Crippen LogP contribution in [-0.2, 0) is 10.0 Å². The van der Waals surface area contributed by atoms with Crippen LogP contribution in [0.15, 0.2) is 94.3 Å². The van der Waals surface area contributed by atoms with Crippen LogP contribution in [0.3, 0.4) is 0 Å². The molecular weight excluding hydrogens is 484 g/mol. The van der Waals surface area contributed by atoms with Gasteiger partial charge in [0.2, 0.25) is 0 Å². The molecule has 1 N–H and O–H groups in total. The van der Waals surface area contributed by atoms with Crippen LogP contribution in [0.2, 0.25) is 0 Å². The van der Waals surface area contributed by atoms with Gasteiger partial charge in [0.1, 0.15) is 0 Å². The zero-order chi connectivity index (χ0) is 22.3. The third kappa shape index (κ3) is 3.65. The number of nitrogens with one attached hydrogen (secondary N) is 1. The van der Waals surface area contributed by atoms with Crippen LogP contribution < -0.4 is 9.62 Å². The fourth-order valence-corrected chi connectivity index (χ4v) is 6.72. The molecule has 4 nitrogen and oxygen atoms in total. The number of anilines is 2. The maximum absolute atomic E-state index is 13.5. The molecule has 0 bridgehead atoms. The topological polar surface area (TPSA) is 49.4 Å². The number of allylic oxidation sites excluding steroid dienone is 2. The largest absolute Gasteiger partial charge is 0.378 e. The Kier molecular flexibility index (Phi) is 5.59. The summed E-state index contributed by atoms with van der Waals surface area (Å²) in [7, 11) is -3.66. The Hall–Kier alpha value is -2.57. The molecule has 3 aromatic rings. The minimum Gasteiger partial charge on any atom is -0.378 e. The maximum atomic E-state index is 13.5. The highest BCUT2D eigenvalue weighted by Gasteiger charge is 2.38. The summed E-state index contributed by atoms with van der Waals surface area (Å²) in [5.74, 6) is 0.555. The van der Waals surface area contributed by atoms with Crippen molar-refractivity contribution in [1.82, 2.24) is 0 Å². The quantitative estimate of drug-likeness (QED) is 0.400. The second-order valence-corrected chi connectivity index (χ2v) is 11.1. The van der Waals surface area contributed by atoms with Gasteiger partial charge in [-0.1, -0.05) is 58.4 Å². The molecule has 3 atom stereocenters. The first-order chi connectivity index (χ1) is 15.5. The van der Waals surface area contributed by atoms with Crippen molar-refractivity contribution in [1.29, 1.82) is 0 Å². The lowest BCUT2D eigenvalue weighted by atomic mass is 9.77. The number of hydrogen-bond acceptors (Lipinski definition) is 3. The Bertz CT molecular complexity index is 1260. The van der Waals surface area contributed by atoms with Crippen molar-refractivity contribution in [2.45, 2.75) is 30.2 Å². The average Bonchev–Trinajstić information content (AvgIpc) is 3.30. The second-order valence-electron chi connectivity index (χ2n) is 8.28. The van der Waals surface area contributed by atoms with Crippen molar-refractivity contribution in [3.63, 3.8) is 0 Å². The molecule has 32 heavy (non-hydrogen) atoms. The molecule has 1 aliphatic carbocycles. The number of rotatable bonds is 5. The van der Waals surface area contributed by atoms with E-state index in [4.69, 9.17) is 0 Å². The molecule has 0 spiro atoms. The monoisotopic (exact) mass is 508 g/mol. The van der Waals surface area contributed by atoms with Crippen LogP contribution in [0, 0.1) is 5.92 Å². The summed E-state index contributed by atoms with van der Waals surface area (Å²) in [6.07, 6.45) is 5.43. The molecule has 1 heterocycles. The van der Waals surface area contributed by atoms with Gasteiger partial charge in [0.25, 0.3) is 10.0 Å². The minimum absolute atomic E-state index is 0.189. The van der Waals surface area contributed by atoms with Crippen LogP contribution in [0.5, 0.6) is 0 Å². The van der Waals surface area contributed by atoms with E-state index < -0.39 is 10.0 Å². The van der Waals surface area contributed by atoms with Crippen LogP contribution in [0.1, 0.15) is 36.4 Å². The number of benzene rings is 3. The van der Waals surface area contributed by atoms with Gasteiger partial charge in [0, 0.05) is 22.6 Å². The molecule has 164 valence electrons. The number of para-hydroxylation sites is 1. The Morgan fingerprint density at radius 2 is 1.78 bits per heavy atom. The maximum Gasteiger partial charge on any atom is 0.264 e. The fraction of sp³-hybridized carbons (Fsp3) is 0.231. The van der Waals surface area contributed by atoms with Crippen LogP contribution >= 0.6 is 15.9 Å². The molecule has 6 heteroatoms. The number of halogens is 1. The molecule has 5 rings (SSSR count). The first-order valence-electron chi connectivity index (χ1n) is 10.9. The molecule has 1 aliphatic heterocycles. The number of fused-ring (bicyclic) bond motifs is 3. The number of nitrogens with zero attached hydrogens (tertiary/aromatic N) is 1. The first-order valence-corrected chi connectivity index (χ1v) is 13.1. The molecule has 0 amide bonds. The van der Waals surface area contributed by atoms with E-state index in [2.05, 4.69) is 57.7 Å². The van der Waals surface area contributed by atoms with E-state index in [1.165, 1.54) is 9.87 Å². The highest BCUT2D eigenvalue weighted by atomic mass is 79.9. The molecular formula is C26H25BrN2O2S. The SMILES string of the molecule is CCN(c1ccccc1)S(=O)(=O)c1ccc2c(c1)C1C=CCC1C(c1ccc(Br)cc1)N2. The van der Waals surface area contributed by atoms with Gasteiger partial charge in [-0.15, -0.1) is 0 Å². The second kappa shape index (κ2) is 8.41. The van der Waals surface area contributed by atoms with E-state index in [1.807, 2.05) is 49.4 Å². The van der Waals surface area contributed by atoms with E-state index in [1.54, 1.807) is 6.07 Å². The molecule has 0 fully saturated rings. The summed E-state index contributed by atoms with van der Waals surface area (Å²) >= 11 is 3.52. The van der Waals surface area contributed by atoms with Crippen molar-refractivity contribution in [3.05, 3.63) is 101 Å². The third-order valence-electron chi connectivity index (χ3n) is 6.48. The van der Waals surface area contributed by atoms with Crippen molar-refractivity contribution in [3.8, 4) is 0 Å². The zero-order valence-electron chi connectivity index (χ0n) is 17.8. The van der Waals surface area contributed by atoms with Gasteiger partial charge in [-0.25, -0.2) is 8.42 Å². The van der Waals surface area contributed by atoms with Gasteiger partial charge in [-0.05, 0) is 72.9 Å². The molecule has 0 saturated heterocycles. The fourth-order valence-electron chi connectivity index (χ4n) is 4.95. The molecule has 0 aromatic heterocycles. The summed E-state index contributed by atoms with van der Waals surface area (Å²) in [6.45, 7) is 2.24. The van der Waals surface area contributed by atoms with Crippen LogP contribution in [0.4, 0.5) is 11.4 Å². The van der Waals surface area contributed by atoms with E-state index >= 15 is 0 Å². The van der Waals surface area contributed by atoms with Crippen molar-refractivity contribution < 1.29 is 8.42 Å². The lowest BCUT2D eigenvalue weighted by molar-refractivity contribution is 0.425. The van der Waals surface area contributed by atoms with Gasteiger partial charge < -0.3 is 5.32 Å². The zero-order valence-corrected chi connectivity index (χ0v) is 20.2. The summed E-state index contributed by atoms with van der Waals surface area (Å²) in [5.41, 5.74) is 3.99. The Morgan fingerprint density at radius 1 is 1.03 bits per heavy atom. The normalized spacial score (nSPS) is 21.5. The average molecular weight is 509 g/mol. The van der Waals surface area contributed by atoms with E-state index in [0.29, 0.717) is 23.0 Å². The van der Waals surface area contributed by atoms with E-state index in [0.717, 1.165) is 22.1 Å². The predicted octanol–water partition coefficient (Wildman–Crippen LogP) is 6.49. The Morgan fingerprint density at radius 3 is 2.50 bits per heavy atom. The van der Waals surface area contributed by atoms with Gasteiger partial charge in [0.15, 0.2) is 0 Å². The molecule has 0 saturated carbocycles. The van der Waals surface area contributed by atoms with Crippen molar-refractivity contribution in [2.24, 2.45) is 5.92 Å². The van der Waals surface area contributed by atoms with Crippen LogP contribution in [0.25, 0.3) is 0 Å². The summed E-state index contributed by atoms with van der Waals surface area (Å²) in [4.78, 5) is 0.338. The number of sulfonamides is 1.